The van der Waals surface area contributed by atoms with Crippen LogP contribution in [0.25, 0.3) is 0 Å². The number of halogens is 1. The van der Waals surface area contributed by atoms with Crippen molar-refractivity contribution in [1.29, 1.82) is 0 Å². The van der Waals surface area contributed by atoms with E-state index in [2.05, 4.69) is 10.6 Å². The summed E-state index contributed by atoms with van der Waals surface area (Å²) in [4.78, 5) is 25.6. The van der Waals surface area contributed by atoms with Crippen LogP contribution in [0, 0.1) is 0 Å². The number of carbonyl (C=O) groups is 2. The topological polar surface area (TPSA) is 105 Å². The van der Waals surface area contributed by atoms with E-state index >= 15 is 0 Å². The zero-order chi connectivity index (χ0) is 19.3. The highest BCUT2D eigenvalue weighted by Gasteiger charge is 2.37. The van der Waals surface area contributed by atoms with Crippen LogP contribution in [-0.2, 0) is 19.4 Å². The second-order valence-corrected chi connectivity index (χ2v) is 8.93. The molecule has 2 rings (SSSR count). The molecule has 0 spiro atoms. The molecule has 144 valence electrons. The quantitative estimate of drug-likeness (QED) is 0.625. The molecule has 0 radical (unpaired) electrons. The third-order valence-corrected chi connectivity index (χ3v) is 6.19. The molecular weight excluding hydrogens is 382 g/mol. The SMILES string of the molecule is COc1cccc(NC(=O)CN(C)CC(=O)N[C@@H]2CS(=O)(=O)C[C@@H]2Cl)c1. The normalized spacial score (nSPS) is 21.4. The molecule has 1 aromatic rings. The first kappa shape index (κ1) is 20.5. The van der Waals surface area contributed by atoms with Gasteiger partial charge in [-0.25, -0.2) is 8.42 Å². The minimum atomic E-state index is -3.21. The molecule has 8 nitrogen and oxygen atoms in total. The fourth-order valence-corrected chi connectivity index (χ4v) is 5.19. The lowest BCUT2D eigenvalue weighted by molar-refractivity contribution is -0.123. The van der Waals surface area contributed by atoms with Gasteiger partial charge in [0, 0.05) is 11.8 Å². The van der Waals surface area contributed by atoms with Crippen molar-refractivity contribution in [3.63, 3.8) is 0 Å². The maximum atomic E-state index is 12.1. The van der Waals surface area contributed by atoms with Crippen molar-refractivity contribution >= 4 is 38.9 Å². The van der Waals surface area contributed by atoms with Crippen LogP contribution in [0.2, 0.25) is 0 Å². The van der Waals surface area contributed by atoms with E-state index in [0.717, 1.165) is 0 Å². The molecule has 0 aliphatic carbocycles. The Morgan fingerprint density at radius 1 is 1.27 bits per heavy atom. The zero-order valence-electron chi connectivity index (χ0n) is 14.6. The smallest absolute Gasteiger partial charge is 0.238 e. The van der Waals surface area contributed by atoms with Crippen LogP contribution in [0.5, 0.6) is 5.75 Å². The molecule has 1 aliphatic rings. The summed E-state index contributed by atoms with van der Waals surface area (Å²) in [5.74, 6) is -0.343. The highest BCUT2D eigenvalue weighted by atomic mass is 35.5. The van der Waals surface area contributed by atoms with Gasteiger partial charge in [-0.1, -0.05) is 6.07 Å². The molecule has 1 saturated heterocycles. The minimum absolute atomic E-state index is 0.00208. The summed E-state index contributed by atoms with van der Waals surface area (Å²) in [6, 6.07) is 6.33. The lowest BCUT2D eigenvalue weighted by Crippen LogP contribution is -2.46. The highest BCUT2D eigenvalue weighted by molar-refractivity contribution is 7.91. The average molecular weight is 404 g/mol. The highest BCUT2D eigenvalue weighted by Crippen LogP contribution is 2.18. The van der Waals surface area contributed by atoms with Crippen LogP contribution in [0.4, 0.5) is 5.69 Å². The number of sulfone groups is 1. The second-order valence-electron chi connectivity index (χ2n) is 6.22. The van der Waals surface area contributed by atoms with Gasteiger partial charge >= 0.3 is 0 Å². The summed E-state index contributed by atoms with van der Waals surface area (Å²) in [6.07, 6.45) is 0. The molecular formula is C16H22ClN3O5S. The van der Waals surface area contributed by atoms with Gasteiger partial charge in [0.1, 0.15) is 5.75 Å². The molecule has 2 N–H and O–H groups in total. The van der Waals surface area contributed by atoms with E-state index in [4.69, 9.17) is 16.3 Å². The number of ether oxygens (including phenoxy) is 1. The Morgan fingerprint density at radius 2 is 1.96 bits per heavy atom. The zero-order valence-corrected chi connectivity index (χ0v) is 16.1. The Hall–Kier alpha value is -1.84. The van der Waals surface area contributed by atoms with Gasteiger partial charge in [-0.2, -0.15) is 0 Å². The molecule has 1 heterocycles. The number of carbonyl (C=O) groups excluding carboxylic acids is 2. The van der Waals surface area contributed by atoms with Crippen molar-refractivity contribution in [3.8, 4) is 5.75 Å². The summed E-state index contributed by atoms with van der Waals surface area (Å²) >= 11 is 5.96. The first-order valence-electron chi connectivity index (χ1n) is 7.95. The van der Waals surface area contributed by atoms with Crippen molar-refractivity contribution in [3.05, 3.63) is 24.3 Å². The number of rotatable bonds is 7. The fourth-order valence-electron chi connectivity index (χ4n) is 2.64. The van der Waals surface area contributed by atoms with E-state index in [1.54, 1.807) is 31.3 Å². The second kappa shape index (κ2) is 8.70. The summed E-state index contributed by atoms with van der Waals surface area (Å²) in [5, 5.41) is 4.70. The Kier molecular flexibility index (Phi) is 6.85. The summed E-state index contributed by atoms with van der Waals surface area (Å²) < 4.78 is 28.1. The van der Waals surface area contributed by atoms with Crippen LogP contribution in [0.15, 0.2) is 24.3 Å². The number of benzene rings is 1. The van der Waals surface area contributed by atoms with Crippen molar-refractivity contribution in [2.24, 2.45) is 0 Å². The number of methoxy groups -OCH3 is 1. The van der Waals surface area contributed by atoms with E-state index in [0.29, 0.717) is 11.4 Å². The Morgan fingerprint density at radius 3 is 2.58 bits per heavy atom. The van der Waals surface area contributed by atoms with Gasteiger partial charge < -0.3 is 15.4 Å². The molecule has 0 aromatic heterocycles. The van der Waals surface area contributed by atoms with E-state index < -0.39 is 21.3 Å². The number of hydrogen-bond acceptors (Lipinski definition) is 6. The molecule has 1 fully saturated rings. The maximum absolute atomic E-state index is 12.1. The molecule has 1 aromatic carbocycles. The molecule has 0 saturated carbocycles. The standard InChI is InChI=1S/C16H22ClN3O5S/c1-20(7-15(21)18-11-4-3-5-12(6-11)25-2)8-16(22)19-14-10-26(23,24)9-13(14)17/h3-6,13-14H,7-10H2,1-2H3,(H,18,21)(H,19,22)/t13-,14+/m0/s1. The molecule has 26 heavy (non-hydrogen) atoms. The number of amides is 2. The Labute approximate surface area is 157 Å². The molecule has 2 atom stereocenters. The third kappa shape index (κ3) is 6.15. The lowest BCUT2D eigenvalue weighted by atomic mass is 10.2. The number of hydrogen-bond donors (Lipinski definition) is 2. The molecule has 1 aliphatic heterocycles. The number of alkyl halides is 1. The minimum Gasteiger partial charge on any atom is -0.497 e. The third-order valence-electron chi connectivity index (χ3n) is 3.81. The predicted octanol–water partition coefficient (Wildman–Crippen LogP) is 0.0861. The number of anilines is 1. The van der Waals surface area contributed by atoms with Gasteiger partial charge in [0.2, 0.25) is 11.8 Å². The number of nitrogens with zero attached hydrogens (tertiary/aromatic N) is 1. The molecule has 0 bridgehead atoms. The predicted molar refractivity (Wildman–Crippen MR) is 99.3 cm³/mol. The molecule has 10 heteroatoms. The Balaban J connectivity index is 1.79. The van der Waals surface area contributed by atoms with E-state index in [-0.39, 0.29) is 36.4 Å². The maximum Gasteiger partial charge on any atom is 0.238 e. The number of nitrogens with one attached hydrogen (secondary N) is 2. The van der Waals surface area contributed by atoms with Crippen LogP contribution in [0.1, 0.15) is 0 Å². The summed E-state index contributed by atoms with van der Waals surface area (Å²) in [5.41, 5.74) is 0.591. The summed E-state index contributed by atoms with van der Waals surface area (Å²) in [7, 11) is -0.0574. The van der Waals surface area contributed by atoms with Crippen molar-refractivity contribution in [2.45, 2.75) is 11.4 Å². The monoisotopic (exact) mass is 403 g/mol. The van der Waals surface area contributed by atoms with E-state index in [1.807, 2.05) is 0 Å². The van der Waals surface area contributed by atoms with Crippen LogP contribution in [-0.4, -0.2) is 75.3 Å². The summed E-state index contributed by atoms with van der Waals surface area (Å²) in [6.45, 7) is -0.0520. The largest absolute Gasteiger partial charge is 0.497 e. The first-order valence-corrected chi connectivity index (χ1v) is 10.2. The van der Waals surface area contributed by atoms with E-state index in [9.17, 15) is 18.0 Å². The average Bonchev–Trinajstić information content (AvgIpc) is 2.78. The van der Waals surface area contributed by atoms with Crippen molar-refractivity contribution < 1.29 is 22.7 Å². The van der Waals surface area contributed by atoms with Gasteiger partial charge in [-0.3, -0.25) is 14.5 Å². The van der Waals surface area contributed by atoms with Crippen molar-refractivity contribution in [2.75, 3.05) is 44.1 Å². The Bertz CT molecular complexity index is 771. The molecule has 2 amide bonds. The van der Waals surface area contributed by atoms with E-state index in [1.165, 1.54) is 12.0 Å². The van der Waals surface area contributed by atoms with Gasteiger partial charge in [0.05, 0.1) is 43.1 Å². The molecule has 0 unspecified atom stereocenters. The van der Waals surface area contributed by atoms with Gasteiger partial charge in [0.25, 0.3) is 0 Å². The van der Waals surface area contributed by atoms with Gasteiger partial charge in [-0.15, -0.1) is 11.6 Å². The lowest BCUT2D eigenvalue weighted by Gasteiger charge is -2.19. The van der Waals surface area contributed by atoms with Crippen LogP contribution < -0.4 is 15.4 Å². The van der Waals surface area contributed by atoms with Gasteiger partial charge in [-0.05, 0) is 19.2 Å². The van der Waals surface area contributed by atoms with Gasteiger partial charge in [0.15, 0.2) is 9.84 Å². The van der Waals surface area contributed by atoms with Crippen LogP contribution in [0.3, 0.4) is 0 Å². The number of likely N-dealkylation sites (N-methyl/N-ethyl adjacent to an activating group) is 1. The van der Waals surface area contributed by atoms with Crippen molar-refractivity contribution in [1.82, 2.24) is 10.2 Å². The fraction of sp³-hybridized carbons (Fsp3) is 0.500. The van der Waals surface area contributed by atoms with Crippen LogP contribution >= 0.6 is 11.6 Å². The first-order chi connectivity index (χ1) is 12.2.